The van der Waals surface area contributed by atoms with Crippen LogP contribution in [0.5, 0.6) is 0 Å². The van der Waals surface area contributed by atoms with E-state index in [-0.39, 0.29) is 17.0 Å². The molecule has 1 aliphatic rings. The van der Waals surface area contributed by atoms with Crippen LogP contribution in [0.25, 0.3) is 5.76 Å². The largest absolute Gasteiger partial charge is 0.507 e. The molecule has 32 heavy (non-hydrogen) atoms. The van der Waals surface area contributed by atoms with Crippen LogP contribution in [-0.4, -0.2) is 71.8 Å². The van der Waals surface area contributed by atoms with Crippen LogP contribution in [0.1, 0.15) is 38.9 Å². The van der Waals surface area contributed by atoms with Crippen LogP contribution in [0.2, 0.25) is 5.02 Å². The first kappa shape index (κ1) is 23.6. The number of likely N-dealkylation sites (N-methyl/N-ethyl adjacent to an activating group) is 1. The summed E-state index contributed by atoms with van der Waals surface area (Å²) in [5.74, 6) is -2.39. The molecule has 1 aliphatic heterocycles. The number of aromatic amines is 1. The van der Waals surface area contributed by atoms with E-state index in [0.717, 1.165) is 0 Å². The highest BCUT2D eigenvalue weighted by molar-refractivity contribution is 6.46. The Labute approximate surface area is 191 Å². The van der Waals surface area contributed by atoms with E-state index >= 15 is 0 Å². The van der Waals surface area contributed by atoms with Crippen LogP contribution in [-0.2, 0) is 14.3 Å². The van der Waals surface area contributed by atoms with Gasteiger partial charge in [0.15, 0.2) is 0 Å². The standard InChI is InChI=1S/C23H26ClN3O5/c1-12-16(13(2)25-18(12)23(31)32-5)20(28)17-19(14-6-8-15(24)9-7-14)27(11-10-26(3)4)22(30)21(17)29/h6-9,19,25,28H,10-11H2,1-5H3/b20-17-. The number of H-pyrrole nitrogens is 1. The van der Waals surface area contributed by atoms with Crippen molar-refractivity contribution in [2.24, 2.45) is 0 Å². The maximum atomic E-state index is 13.1. The molecule has 8 nitrogen and oxygen atoms in total. The average molecular weight is 460 g/mol. The number of halogens is 1. The van der Waals surface area contributed by atoms with E-state index in [2.05, 4.69) is 4.98 Å². The zero-order valence-electron chi connectivity index (χ0n) is 18.7. The van der Waals surface area contributed by atoms with Crippen molar-refractivity contribution in [3.63, 3.8) is 0 Å². The van der Waals surface area contributed by atoms with Gasteiger partial charge < -0.3 is 24.6 Å². The fourth-order valence-electron chi connectivity index (χ4n) is 3.96. The highest BCUT2D eigenvalue weighted by Crippen LogP contribution is 2.41. The normalized spacial score (nSPS) is 18.0. The minimum atomic E-state index is -0.789. The van der Waals surface area contributed by atoms with Gasteiger partial charge in [0.25, 0.3) is 11.7 Å². The van der Waals surface area contributed by atoms with E-state index in [9.17, 15) is 19.5 Å². The number of hydrogen-bond donors (Lipinski definition) is 2. The molecule has 1 saturated heterocycles. The first-order valence-electron chi connectivity index (χ1n) is 10.0. The lowest BCUT2D eigenvalue weighted by atomic mass is 9.94. The number of Topliss-reactive ketones (excluding diaryl/α,β-unsaturated/α-hetero) is 1. The minimum Gasteiger partial charge on any atom is -0.507 e. The zero-order chi connectivity index (χ0) is 23.7. The summed E-state index contributed by atoms with van der Waals surface area (Å²) < 4.78 is 4.79. The number of amides is 1. The first-order valence-corrected chi connectivity index (χ1v) is 10.4. The van der Waals surface area contributed by atoms with E-state index in [4.69, 9.17) is 16.3 Å². The van der Waals surface area contributed by atoms with Gasteiger partial charge in [0.2, 0.25) is 0 Å². The van der Waals surface area contributed by atoms with Gasteiger partial charge in [-0.2, -0.15) is 0 Å². The average Bonchev–Trinajstić information content (AvgIpc) is 3.18. The summed E-state index contributed by atoms with van der Waals surface area (Å²) in [5, 5.41) is 11.8. The first-order chi connectivity index (χ1) is 15.1. The van der Waals surface area contributed by atoms with E-state index in [1.807, 2.05) is 19.0 Å². The molecule has 1 amide bonds. The Morgan fingerprint density at radius 3 is 2.41 bits per heavy atom. The fourth-order valence-corrected chi connectivity index (χ4v) is 4.08. The van der Waals surface area contributed by atoms with Crippen molar-refractivity contribution in [2.75, 3.05) is 34.3 Å². The Hall–Kier alpha value is -3.10. The second-order valence-corrected chi connectivity index (χ2v) is 8.40. The molecule has 1 atom stereocenters. The summed E-state index contributed by atoms with van der Waals surface area (Å²) in [7, 11) is 5.00. The second-order valence-electron chi connectivity index (χ2n) is 7.96. The molecule has 0 radical (unpaired) electrons. The van der Waals surface area contributed by atoms with E-state index < -0.39 is 23.7 Å². The number of carbonyl (C=O) groups is 3. The Bertz CT molecular complexity index is 1100. The van der Waals surface area contributed by atoms with Gasteiger partial charge in [-0.15, -0.1) is 0 Å². The Morgan fingerprint density at radius 1 is 1.22 bits per heavy atom. The summed E-state index contributed by atoms with van der Waals surface area (Å²) in [6, 6.07) is 6.01. The number of benzene rings is 1. The lowest BCUT2D eigenvalue weighted by Crippen LogP contribution is -2.35. The van der Waals surface area contributed by atoms with Crippen LogP contribution in [0.4, 0.5) is 0 Å². The molecule has 2 aromatic rings. The molecule has 0 aliphatic carbocycles. The van der Waals surface area contributed by atoms with Crippen molar-refractivity contribution < 1.29 is 24.2 Å². The predicted octanol–water partition coefficient (Wildman–Crippen LogP) is 3.05. The molecule has 170 valence electrons. The highest BCUT2D eigenvalue weighted by atomic mass is 35.5. The van der Waals surface area contributed by atoms with Gasteiger partial charge in [-0.25, -0.2) is 4.79 Å². The predicted molar refractivity (Wildman–Crippen MR) is 121 cm³/mol. The number of aryl methyl sites for hydroxylation is 1. The Balaban J connectivity index is 2.21. The van der Waals surface area contributed by atoms with Crippen molar-refractivity contribution in [1.82, 2.24) is 14.8 Å². The number of ketones is 1. The van der Waals surface area contributed by atoms with Gasteiger partial charge in [0, 0.05) is 29.4 Å². The summed E-state index contributed by atoms with van der Waals surface area (Å²) in [4.78, 5) is 44.4. The molecule has 9 heteroatoms. The van der Waals surface area contributed by atoms with Gasteiger partial charge in [0.1, 0.15) is 11.5 Å². The molecule has 0 saturated carbocycles. The maximum Gasteiger partial charge on any atom is 0.354 e. The SMILES string of the molecule is COC(=O)c1[nH]c(C)c(/C(O)=C2/C(=O)C(=O)N(CCN(C)C)C2c2ccc(Cl)cc2)c1C. The van der Waals surface area contributed by atoms with Crippen molar-refractivity contribution in [3.05, 3.63) is 62.9 Å². The maximum absolute atomic E-state index is 13.1. The number of aliphatic hydroxyl groups excluding tert-OH is 1. The number of rotatable bonds is 6. The third-order valence-electron chi connectivity index (χ3n) is 5.58. The van der Waals surface area contributed by atoms with Gasteiger partial charge >= 0.3 is 5.97 Å². The molecule has 2 heterocycles. The Morgan fingerprint density at radius 2 is 1.84 bits per heavy atom. The van der Waals surface area contributed by atoms with Crippen LogP contribution in [0.15, 0.2) is 29.8 Å². The number of hydrogen-bond acceptors (Lipinski definition) is 6. The number of ether oxygens (including phenoxy) is 1. The van der Waals surface area contributed by atoms with Gasteiger partial charge in [-0.1, -0.05) is 23.7 Å². The van der Waals surface area contributed by atoms with E-state index in [1.165, 1.54) is 12.0 Å². The topological polar surface area (TPSA) is 103 Å². The van der Waals surface area contributed by atoms with Gasteiger partial charge in [-0.3, -0.25) is 9.59 Å². The summed E-state index contributed by atoms with van der Waals surface area (Å²) >= 11 is 6.03. The van der Waals surface area contributed by atoms with Crippen molar-refractivity contribution in [1.29, 1.82) is 0 Å². The fraction of sp³-hybridized carbons (Fsp3) is 0.348. The molecule has 2 N–H and O–H groups in total. The molecule has 1 fully saturated rings. The van der Waals surface area contributed by atoms with Crippen LogP contribution in [0, 0.1) is 13.8 Å². The number of carbonyl (C=O) groups excluding carboxylic acids is 3. The summed E-state index contributed by atoms with van der Waals surface area (Å²) in [6.45, 7) is 4.14. The number of aliphatic hydroxyl groups is 1. The molecule has 1 unspecified atom stereocenters. The van der Waals surface area contributed by atoms with Crippen LogP contribution < -0.4 is 0 Å². The third kappa shape index (κ3) is 4.16. The lowest BCUT2D eigenvalue weighted by Gasteiger charge is -2.26. The van der Waals surface area contributed by atoms with E-state index in [1.54, 1.807) is 38.1 Å². The van der Waals surface area contributed by atoms with Gasteiger partial charge in [0.05, 0.1) is 18.7 Å². The molecule has 3 rings (SSSR count). The van der Waals surface area contributed by atoms with Gasteiger partial charge in [-0.05, 0) is 51.2 Å². The zero-order valence-corrected chi connectivity index (χ0v) is 19.4. The quantitative estimate of drug-likeness (QED) is 0.298. The van der Waals surface area contributed by atoms with Crippen molar-refractivity contribution in [3.8, 4) is 0 Å². The van der Waals surface area contributed by atoms with Crippen LogP contribution >= 0.6 is 11.6 Å². The molecular formula is C23H26ClN3O5. The molecule has 1 aromatic carbocycles. The number of nitrogens with zero attached hydrogens (tertiary/aromatic N) is 2. The number of methoxy groups -OCH3 is 1. The highest BCUT2D eigenvalue weighted by Gasteiger charge is 2.46. The molecule has 0 spiro atoms. The van der Waals surface area contributed by atoms with E-state index in [0.29, 0.717) is 40.5 Å². The number of likely N-dealkylation sites (tertiary alicyclic amines) is 1. The van der Waals surface area contributed by atoms with Crippen LogP contribution in [0.3, 0.4) is 0 Å². The monoisotopic (exact) mass is 459 g/mol. The Kier molecular flexibility index (Phi) is 6.76. The second kappa shape index (κ2) is 9.18. The number of esters is 1. The summed E-state index contributed by atoms with van der Waals surface area (Å²) in [6.07, 6.45) is 0. The number of nitrogens with one attached hydrogen (secondary N) is 1. The lowest BCUT2D eigenvalue weighted by molar-refractivity contribution is -0.140. The third-order valence-corrected chi connectivity index (χ3v) is 5.83. The van der Waals surface area contributed by atoms with Crippen molar-refractivity contribution in [2.45, 2.75) is 19.9 Å². The molecule has 0 bridgehead atoms. The number of aromatic nitrogens is 1. The summed E-state index contributed by atoms with van der Waals surface area (Å²) in [5.41, 5.74) is 2.01. The molecular weight excluding hydrogens is 434 g/mol. The smallest absolute Gasteiger partial charge is 0.354 e. The molecule has 1 aromatic heterocycles. The minimum absolute atomic E-state index is 0.0299. The van der Waals surface area contributed by atoms with Crippen molar-refractivity contribution >= 4 is 35.0 Å².